The number of aliphatic carboxylic acids is 1. The fraction of sp³-hybridized carbons (Fsp3) is 0.312. The summed E-state index contributed by atoms with van der Waals surface area (Å²) < 4.78 is 10.4. The normalized spacial score (nSPS) is 10.5. The Morgan fingerprint density at radius 3 is 2.83 bits per heavy atom. The molecule has 0 unspecified atom stereocenters. The highest BCUT2D eigenvalue weighted by Crippen LogP contribution is 2.22. The molecule has 122 valence electrons. The number of ether oxygens (including phenoxy) is 1. The fourth-order valence-corrected chi connectivity index (χ4v) is 2.06. The second-order valence-corrected chi connectivity index (χ2v) is 5.02. The van der Waals surface area contributed by atoms with E-state index in [-0.39, 0.29) is 25.5 Å². The van der Waals surface area contributed by atoms with E-state index >= 15 is 0 Å². The van der Waals surface area contributed by atoms with Crippen molar-refractivity contribution in [3.05, 3.63) is 40.2 Å². The third-order valence-electron chi connectivity index (χ3n) is 3.17. The largest absolute Gasteiger partial charge is 0.550 e. The maximum atomic E-state index is 11.6. The molecular weight excluding hydrogens is 302 g/mol. The molecule has 1 heterocycles. The highest BCUT2D eigenvalue weighted by molar-refractivity contribution is 5.81. The van der Waals surface area contributed by atoms with Crippen LogP contribution >= 0.6 is 0 Å². The molecule has 1 N–H and O–H groups in total. The van der Waals surface area contributed by atoms with E-state index in [1.165, 1.54) is 6.07 Å². The van der Waals surface area contributed by atoms with Crippen LogP contribution in [0.4, 0.5) is 0 Å². The van der Waals surface area contributed by atoms with E-state index in [0.29, 0.717) is 17.8 Å². The number of aryl methyl sites for hydroxylation is 1. The molecule has 0 saturated heterocycles. The predicted octanol–water partition coefficient (Wildman–Crippen LogP) is 0.127. The summed E-state index contributed by atoms with van der Waals surface area (Å²) in [4.78, 5) is 33.1. The monoisotopic (exact) mass is 318 g/mol. The summed E-state index contributed by atoms with van der Waals surface area (Å²) in [7, 11) is 0. The summed E-state index contributed by atoms with van der Waals surface area (Å²) in [6.07, 6.45) is 0.193. The molecule has 1 amide bonds. The van der Waals surface area contributed by atoms with Crippen molar-refractivity contribution in [2.24, 2.45) is 0 Å². The molecule has 23 heavy (non-hydrogen) atoms. The molecule has 0 aliphatic rings. The van der Waals surface area contributed by atoms with E-state index in [1.807, 2.05) is 0 Å². The van der Waals surface area contributed by atoms with Gasteiger partial charge < -0.3 is 24.4 Å². The molecule has 0 bridgehead atoms. The van der Waals surface area contributed by atoms with Crippen LogP contribution in [0.1, 0.15) is 18.4 Å². The van der Waals surface area contributed by atoms with Crippen molar-refractivity contribution in [2.45, 2.75) is 19.8 Å². The van der Waals surface area contributed by atoms with E-state index in [1.54, 1.807) is 25.1 Å². The van der Waals surface area contributed by atoms with Gasteiger partial charge >= 0.3 is 5.63 Å². The smallest absolute Gasteiger partial charge is 0.336 e. The molecular formula is C16H16NO6-. The number of rotatable bonds is 7. The second kappa shape index (κ2) is 7.44. The summed E-state index contributed by atoms with van der Waals surface area (Å²) >= 11 is 0. The Labute approximate surface area is 131 Å². The van der Waals surface area contributed by atoms with Gasteiger partial charge in [0, 0.05) is 30.0 Å². The summed E-state index contributed by atoms with van der Waals surface area (Å²) in [5.41, 5.74) is 0.744. The van der Waals surface area contributed by atoms with Gasteiger partial charge in [0.15, 0.2) is 6.61 Å². The molecule has 7 nitrogen and oxygen atoms in total. The van der Waals surface area contributed by atoms with Crippen molar-refractivity contribution >= 4 is 22.8 Å². The zero-order valence-corrected chi connectivity index (χ0v) is 12.6. The van der Waals surface area contributed by atoms with Crippen LogP contribution in [0.25, 0.3) is 11.0 Å². The minimum atomic E-state index is -1.15. The molecule has 0 aliphatic heterocycles. The van der Waals surface area contributed by atoms with Crippen LogP contribution in [-0.4, -0.2) is 25.0 Å². The summed E-state index contributed by atoms with van der Waals surface area (Å²) in [5, 5.41) is 13.6. The first-order valence-corrected chi connectivity index (χ1v) is 7.09. The lowest BCUT2D eigenvalue weighted by molar-refractivity contribution is -0.305. The first-order chi connectivity index (χ1) is 11.0. The van der Waals surface area contributed by atoms with Crippen molar-refractivity contribution in [3.63, 3.8) is 0 Å². The van der Waals surface area contributed by atoms with Crippen molar-refractivity contribution in [2.75, 3.05) is 13.2 Å². The van der Waals surface area contributed by atoms with Gasteiger partial charge in [0.1, 0.15) is 11.3 Å². The maximum absolute atomic E-state index is 11.6. The molecule has 1 aromatic heterocycles. The lowest BCUT2D eigenvalue weighted by atomic mass is 10.1. The standard InChI is InChI=1S/C16H17NO6/c1-10-7-16(21)23-13-8-11(4-5-12(10)13)22-9-14(18)17-6-2-3-15(19)20/h4-5,7-8H,2-3,6,9H2,1H3,(H,17,18)(H,19,20)/p-1. The van der Waals surface area contributed by atoms with Crippen LogP contribution in [-0.2, 0) is 9.59 Å². The molecule has 2 aromatic rings. The zero-order valence-electron chi connectivity index (χ0n) is 12.6. The van der Waals surface area contributed by atoms with E-state index in [9.17, 15) is 19.5 Å². The average molecular weight is 318 g/mol. The molecule has 7 heteroatoms. The Morgan fingerprint density at radius 2 is 2.09 bits per heavy atom. The number of hydrogen-bond acceptors (Lipinski definition) is 6. The molecule has 0 fully saturated rings. The lowest BCUT2D eigenvalue weighted by Crippen LogP contribution is -2.31. The molecule has 2 rings (SSSR count). The zero-order chi connectivity index (χ0) is 16.8. The van der Waals surface area contributed by atoms with Gasteiger partial charge in [-0.2, -0.15) is 0 Å². The van der Waals surface area contributed by atoms with Gasteiger partial charge in [0.2, 0.25) is 0 Å². The second-order valence-electron chi connectivity index (χ2n) is 5.02. The number of carbonyl (C=O) groups is 2. The number of hydrogen-bond donors (Lipinski definition) is 1. The Kier molecular flexibility index (Phi) is 5.35. The lowest BCUT2D eigenvalue weighted by Gasteiger charge is -2.08. The number of carbonyl (C=O) groups excluding carboxylic acids is 2. The number of carboxylic acid groups (broad SMARTS) is 1. The first kappa shape index (κ1) is 16.5. The minimum Gasteiger partial charge on any atom is -0.550 e. The molecule has 0 aliphatic carbocycles. The van der Waals surface area contributed by atoms with E-state index in [2.05, 4.69) is 5.32 Å². The van der Waals surface area contributed by atoms with Crippen molar-refractivity contribution < 1.29 is 23.8 Å². The topological polar surface area (TPSA) is 109 Å². The van der Waals surface area contributed by atoms with Gasteiger partial charge in [-0.05, 0) is 37.5 Å². The van der Waals surface area contributed by atoms with Gasteiger partial charge in [-0.15, -0.1) is 0 Å². The highest BCUT2D eigenvalue weighted by atomic mass is 16.5. The predicted molar refractivity (Wildman–Crippen MR) is 80.0 cm³/mol. The van der Waals surface area contributed by atoms with E-state index in [4.69, 9.17) is 9.15 Å². The Morgan fingerprint density at radius 1 is 1.30 bits per heavy atom. The summed E-state index contributed by atoms with van der Waals surface area (Å²) in [6, 6.07) is 6.38. The average Bonchev–Trinajstić information content (AvgIpc) is 2.48. The van der Waals surface area contributed by atoms with Crippen LogP contribution in [0.3, 0.4) is 0 Å². The molecule has 0 saturated carbocycles. The van der Waals surface area contributed by atoms with Gasteiger partial charge in [0.25, 0.3) is 5.91 Å². The number of fused-ring (bicyclic) bond motifs is 1. The molecule has 1 aromatic carbocycles. The third-order valence-corrected chi connectivity index (χ3v) is 3.17. The number of amides is 1. The number of carboxylic acids is 1. The van der Waals surface area contributed by atoms with Gasteiger partial charge in [-0.1, -0.05) is 0 Å². The van der Waals surface area contributed by atoms with Crippen molar-refractivity contribution in [1.29, 1.82) is 0 Å². The summed E-state index contributed by atoms with van der Waals surface area (Å²) in [5.74, 6) is -1.12. The van der Waals surface area contributed by atoms with Gasteiger partial charge in [-0.3, -0.25) is 4.79 Å². The third kappa shape index (κ3) is 4.84. The van der Waals surface area contributed by atoms with E-state index in [0.717, 1.165) is 10.9 Å². The van der Waals surface area contributed by atoms with Crippen LogP contribution < -0.4 is 20.8 Å². The highest BCUT2D eigenvalue weighted by Gasteiger charge is 2.06. The molecule has 0 radical (unpaired) electrons. The molecule has 0 spiro atoms. The van der Waals surface area contributed by atoms with Gasteiger partial charge in [-0.25, -0.2) is 4.79 Å². The molecule has 0 atom stereocenters. The number of nitrogens with one attached hydrogen (secondary N) is 1. The van der Waals surface area contributed by atoms with Crippen LogP contribution in [0.2, 0.25) is 0 Å². The van der Waals surface area contributed by atoms with Crippen molar-refractivity contribution in [1.82, 2.24) is 5.32 Å². The fourth-order valence-electron chi connectivity index (χ4n) is 2.06. The Bertz CT molecular complexity index is 780. The number of benzene rings is 1. The van der Waals surface area contributed by atoms with Crippen LogP contribution in [0.15, 0.2) is 33.5 Å². The first-order valence-electron chi connectivity index (χ1n) is 7.09. The summed E-state index contributed by atoms with van der Waals surface area (Å²) in [6.45, 7) is 1.83. The van der Waals surface area contributed by atoms with E-state index < -0.39 is 11.6 Å². The van der Waals surface area contributed by atoms with Gasteiger partial charge in [0.05, 0.1) is 0 Å². The van der Waals surface area contributed by atoms with Crippen LogP contribution in [0, 0.1) is 6.92 Å². The minimum absolute atomic E-state index is 0.107. The van der Waals surface area contributed by atoms with Crippen molar-refractivity contribution in [3.8, 4) is 5.75 Å². The maximum Gasteiger partial charge on any atom is 0.336 e. The SMILES string of the molecule is Cc1cc(=O)oc2cc(OCC(=O)NCCCC(=O)[O-])ccc12. The Balaban J connectivity index is 1.90. The Hall–Kier alpha value is -2.83. The quantitative estimate of drug-likeness (QED) is 0.574. The van der Waals surface area contributed by atoms with Crippen LogP contribution in [0.5, 0.6) is 5.75 Å².